The van der Waals surface area contributed by atoms with E-state index in [1.165, 1.54) is 4.88 Å². The predicted molar refractivity (Wildman–Crippen MR) is 79.7 cm³/mol. The molecule has 0 saturated carbocycles. The van der Waals surface area contributed by atoms with E-state index in [-0.39, 0.29) is 0 Å². The van der Waals surface area contributed by atoms with Crippen molar-refractivity contribution in [2.24, 2.45) is 5.73 Å². The molecule has 2 nitrogen and oxygen atoms in total. The van der Waals surface area contributed by atoms with Crippen LogP contribution in [0.2, 0.25) is 10.0 Å². The minimum Gasteiger partial charge on any atom is -0.330 e. The Morgan fingerprint density at radius 1 is 1.33 bits per heavy atom. The molecule has 0 atom stereocenters. The first-order valence-corrected chi connectivity index (χ1v) is 7.37. The second-order valence-electron chi connectivity index (χ2n) is 3.90. The van der Waals surface area contributed by atoms with Crippen LogP contribution in [0.25, 0.3) is 11.3 Å². The second-order valence-corrected chi connectivity index (χ2v) is 5.91. The summed E-state index contributed by atoms with van der Waals surface area (Å²) >= 11 is 13.9. The summed E-state index contributed by atoms with van der Waals surface area (Å²) in [5.74, 6) is 0. The quantitative estimate of drug-likeness (QED) is 0.920. The second kappa shape index (κ2) is 6.02. The molecule has 1 aromatic carbocycles. The van der Waals surface area contributed by atoms with Gasteiger partial charge in [-0.1, -0.05) is 30.1 Å². The van der Waals surface area contributed by atoms with Crippen LogP contribution in [-0.4, -0.2) is 11.5 Å². The Labute approximate surface area is 121 Å². The van der Waals surface area contributed by atoms with Gasteiger partial charge in [0, 0.05) is 15.5 Å². The number of hydrogen-bond donors (Lipinski definition) is 1. The van der Waals surface area contributed by atoms with Crippen molar-refractivity contribution in [3.8, 4) is 11.3 Å². The van der Waals surface area contributed by atoms with Gasteiger partial charge in [0.2, 0.25) is 0 Å². The first-order valence-electron chi connectivity index (χ1n) is 5.79. The molecule has 18 heavy (non-hydrogen) atoms. The molecule has 0 aliphatic rings. The molecule has 96 valence electrons. The smallest absolute Gasteiger partial charge is 0.0932 e. The Balaban J connectivity index is 2.51. The van der Waals surface area contributed by atoms with E-state index >= 15 is 0 Å². The van der Waals surface area contributed by atoms with E-state index in [0.717, 1.165) is 29.1 Å². The lowest BCUT2D eigenvalue weighted by atomic mass is 10.1. The number of aryl methyl sites for hydroxylation is 1. The number of thiazole rings is 1. The summed E-state index contributed by atoms with van der Waals surface area (Å²) in [6, 6.07) is 5.49. The molecule has 0 aliphatic heterocycles. The monoisotopic (exact) mass is 300 g/mol. The number of halogens is 2. The highest BCUT2D eigenvalue weighted by molar-refractivity contribution is 7.12. The summed E-state index contributed by atoms with van der Waals surface area (Å²) < 4.78 is 0. The van der Waals surface area contributed by atoms with E-state index in [1.807, 2.05) is 12.1 Å². The molecule has 0 radical (unpaired) electrons. The predicted octanol–water partition coefficient (Wildman–Crippen LogP) is 4.18. The molecule has 1 heterocycles. The van der Waals surface area contributed by atoms with Gasteiger partial charge in [-0.05, 0) is 37.6 Å². The van der Waals surface area contributed by atoms with Gasteiger partial charge in [-0.3, -0.25) is 0 Å². The van der Waals surface area contributed by atoms with Gasteiger partial charge in [0.1, 0.15) is 0 Å². The van der Waals surface area contributed by atoms with Gasteiger partial charge in [-0.2, -0.15) is 0 Å². The highest BCUT2D eigenvalue weighted by atomic mass is 35.5. The first kappa shape index (κ1) is 13.8. The Hall–Kier alpha value is -0.610. The number of aromatic nitrogens is 1. The SMILES string of the molecule is CCc1nc(-c2ccc(Cl)cc2Cl)c(CCN)s1. The van der Waals surface area contributed by atoms with Gasteiger partial charge in [-0.15, -0.1) is 11.3 Å². The summed E-state index contributed by atoms with van der Waals surface area (Å²) in [6.45, 7) is 2.71. The van der Waals surface area contributed by atoms with Crippen LogP contribution in [-0.2, 0) is 12.8 Å². The van der Waals surface area contributed by atoms with E-state index < -0.39 is 0 Å². The maximum atomic E-state index is 6.24. The Morgan fingerprint density at radius 2 is 2.11 bits per heavy atom. The van der Waals surface area contributed by atoms with Crippen LogP contribution in [0.5, 0.6) is 0 Å². The van der Waals surface area contributed by atoms with Crippen molar-refractivity contribution < 1.29 is 0 Å². The molecule has 0 saturated heterocycles. The normalized spacial score (nSPS) is 10.9. The summed E-state index contributed by atoms with van der Waals surface area (Å²) in [5, 5.41) is 2.38. The average molecular weight is 301 g/mol. The Kier molecular flexibility index (Phi) is 4.62. The molecule has 0 unspecified atom stereocenters. The molecule has 0 bridgehead atoms. The van der Waals surface area contributed by atoms with Crippen LogP contribution in [0.15, 0.2) is 18.2 Å². The van der Waals surface area contributed by atoms with Crippen molar-refractivity contribution in [2.45, 2.75) is 19.8 Å². The number of nitrogens with zero attached hydrogens (tertiary/aromatic N) is 1. The third-order valence-electron chi connectivity index (χ3n) is 2.60. The molecule has 1 aromatic heterocycles. The third kappa shape index (κ3) is 2.86. The van der Waals surface area contributed by atoms with E-state index in [2.05, 4.69) is 11.9 Å². The molecular weight excluding hydrogens is 287 g/mol. The van der Waals surface area contributed by atoms with E-state index in [9.17, 15) is 0 Å². The van der Waals surface area contributed by atoms with E-state index in [0.29, 0.717) is 16.6 Å². The molecule has 5 heteroatoms. The fourth-order valence-corrected chi connectivity index (χ4v) is 3.28. The highest BCUT2D eigenvalue weighted by Crippen LogP contribution is 2.34. The van der Waals surface area contributed by atoms with E-state index in [4.69, 9.17) is 28.9 Å². The van der Waals surface area contributed by atoms with Crippen molar-refractivity contribution in [2.75, 3.05) is 6.54 Å². The lowest BCUT2D eigenvalue weighted by Crippen LogP contribution is -2.02. The van der Waals surface area contributed by atoms with Crippen molar-refractivity contribution in [1.82, 2.24) is 4.98 Å². The van der Waals surface area contributed by atoms with Gasteiger partial charge in [0.05, 0.1) is 15.7 Å². The van der Waals surface area contributed by atoms with Gasteiger partial charge >= 0.3 is 0 Å². The zero-order valence-corrected chi connectivity index (χ0v) is 12.4. The van der Waals surface area contributed by atoms with Crippen molar-refractivity contribution in [3.05, 3.63) is 38.1 Å². The van der Waals surface area contributed by atoms with Gasteiger partial charge < -0.3 is 5.73 Å². The summed E-state index contributed by atoms with van der Waals surface area (Å²) in [7, 11) is 0. The fourth-order valence-electron chi connectivity index (χ4n) is 1.74. The van der Waals surface area contributed by atoms with Crippen LogP contribution in [0.1, 0.15) is 16.8 Å². The summed E-state index contributed by atoms with van der Waals surface area (Å²) in [5.41, 5.74) is 7.52. The number of nitrogens with two attached hydrogens (primary N) is 1. The number of rotatable bonds is 4. The molecule has 2 aromatic rings. The van der Waals surface area contributed by atoms with Crippen LogP contribution in [0.4, 0.5) is 0 Å². The molecule has 2 N–H and O–H groups in total. The van der Waals surface area contributed by atoms with Crippen molar-refractivity contribution >= 4 is 34.5 Å². The van der Waals surface area contributed by atoms with Gasteiger partial charge in [-0.25, -0.2) is 4.98 Å². The molecular formula is C13H14Cl2N2S. The lowest BCUT2D eigenvalue weighted by Gasteiger charge is -2.04. The fraction of sp³-hybridized carbons (Fsp3) is 0.308. The molecule has 0 spiro atoms. The molecule has 0 amide bonds. The van der Waals surface area contributed by atoms with Crippen LogP contribution in [0, 0.1) is 0 Å². The zero-order valence-electron chi connectivity index (χ0n) is 10.0. The van der Waals surface area contributed by atoms with Crippen molar-refractivity contribution in [1.29, 1.82) is 0 Å². The minimum atomic E-state index is 0.615. The van der Waals surface area contributed by atoms with Gasteiger partial charge in [0.25, 0.3) is 0 Å². The van der Waals surface area contributed by atoms with Crippen molar-refractivity contribution in [3.63, 3.8) is 0 Å². The average Bonchev–Trinajstić information content (AvgIpc) is 2.73. The standard InChI is InChI=1S/C13H14Cl2N2S/c1-2-12-17-13(11(18-12)5-6-16)9-4-3-8(14)7-10(9)15/h3-4,7H,2,5-6,16H2,1H3. The summed E-state index contributed by atoms with van der Waals surface area (Å²) in [4.78, 5) is 5.84. The highest BCUT2D eigenvalue weighted by Gasteiger charge is 2.14. The first-order chi connectivity index (χ1) is 8.65. The molecule has 2 rings (SSSR count). The number of hydrogen-bond acceptors (Lipinski definition) is 3. The Bertz CT molecular complexity index is 552. The number of benzene rings is 1. The largest absolute Gasteiger partial charge is 0.330 e. The molecule has 0 aliphatic carbocycles. The maximum absolute atomic E-state index is 6.24. The maximum Gasteiger partial charge on any atom is 0.0932 e. The Morgan fingerprint density at radius 3 is 2.72 bits per heavy atom. The van der Waals surface area contributed by atoms with E-state index in [1.54, 1.807) is 17.4 Å². The third-order valence-corrected chi connectivity index (χ3v) is 4.41. The topological polar surface area (TPSA) is 38.9 Å². The summed E-state index contributed by atoms with van der Waals surface area (Å²) in [6.07, 6.45) is 1.75. The van der Waals surface area contributed by atoms with Crippen LogP contribution >= 0.6 is 34.5 Å². The lowest BCUT2D eigenvalue weighted by molar-refractivity contribution is 0.985. The zero-order chi connectivity index (χ0) is 13.1. The molecule has 0 fully saturated rings. The van der Waals surface area contributed by atoms with Gasteiger partial charge in [0.15, 0.2) is 0 Å². The van der Waals surface area contributed by atoms with Crippen LogP contribution < -0.4 is 5.73 Å². The van der Waals surface area contributed by atoms with Crippen LogP contribution in [0.3, 0.4) is 0 Å². The minimum absolute atomic E-state index is 0.615.